The highest BCUT2D eigenvalue weighted by molar-refractivity contribution is 6.31. The van der Waals surface area contributed by atoms with Crippen LogP contribution in [0.5, 0.6) is 0 Å². The average molecular weight is 264 g/mol. The van der Waals surface area contributed by atoms with E-state index in [0.717, 1.165) is 17.8 Å². The van der Waals surface area contributed by atoms with Crippen molar-refractivity contribution in [1.82, 2.24) is 9.78 Å². The lowest BCUT2D eigenvalue weighted by Crippen LogP contribution is -2.18. The maximum atomic E-state index is 6.34. The molecule has 18 heavy (non-hydrogen) atoms. The van der Waals surface area contributed by atoms with Gasteiger partial charge in [-0.3, -0.25) is 4.68 Å². The molecule has 0 aliphatic rings. The molecule has 0 radical (unpaired) electrons. The molecule has 2 rings (SSSR count). The molecule has 0 aliphatic carbocycles. The number of nitrogens with two attached hydrogens (primary N) is 1. The molecular weight excluding hydrogens is 246 g/mol. The van der Waals surface area contributed by atoms with E-state index in [1.54, 1.807) is 6.20 Å². The summed E-state index contributed by atoms with van der Waals surface area (Å²) in [5.74, 6) is 0. The Labute approximate surface area is 113 Å². The molecule has 0 fully saturated rings. The van der Waals surface area contributed by atoms with Crippen LogP contribution in [0.2, 0.25) is 5.02 Å². The summed E-state index contributed by atoms with van der Waals surface area (Å²) in [6.45, 7) is 6.94. The summed E-state index contributed by atoms with van der Waals surface area (Å²) in [4.78, 5) is 0. The summed E-state index contributed by atoms with van der Waals surface area (Å²) in [6.07, 6.45) is 1.66. The zero-order valence-electron chi connectivity index (χ0n) is 10.9. The summed E-state index contributed by atoms with van der Waals surface area (Å²) >= 11 is 6.19. The lowest BCUT2D eigenvalue weighted by Gasteiger charge is -2.17. The van der Waals surface area contributed by atoms with Crippen molar-refractivity contribution in [2.45, 2.75) is 33.4 Å². The predicted octanol–water partition coefficient (Wildman–Crippen LogP) is 3.22. The highest BCUT2D eigenvalue weighted by Crippen LogP contribution is 2.28. The Hall–Kier alpha value is -1.32. The minimum absolute atomic E-state index is 0.236. The first-order chi connectivity index (χ1) is 8.54. The van der Waals surface area contributed by atoms with Gasteiger partial charge in [0.15, 0.2) is 0 Å². The van der Waals surface area contributed by atoms with Gasteiger partial charge in [-0.1, -0.05) is 35.4 Å². The molecule has 0 aliphatic heterocycles. The Morgan fingerprint density at radius 3 is 2.72 bits per heavy atom. The summed E-state index contributed by atoms with van der Waals surface area (Å²) in [6, 6.07) is 6.04. The third-order valence-corrected chi connectivity index (χ3v) is 3.48. The van der Waals surface area contributed by atoms with Gasteiger partial charge in [0.2, 0.25) is 0 Å². The van der Waals surface area contributed by atoms with Gasteiger partial charge in [-0.25, -0.2) is 0 Å². The zero-order valence-corrected chi connectivity index (χ0v) is 11.7. The van der Waals surface area contributed by atoms with E-state index in [-0.39, 0.29) is 6.04 Å². The van der Waals surface area contributed by atoms with Crippen LogP contribution in [-0.2, 0) is 6.54 Å². The first kappa shape index (κ1) is 13.1. The SMILES string of the molecule is CCn1ncc(Cl)c1C(N)c1ccc(C)cc1C. The van der Waals surface area contributed by atoms with E-state index in [1.807, 2.05) is 11.6 Å². The van der Waals surface area contributed by atoms with Crippen LogP contribution in [0.15, 0.2) is 24.4 Å². The van der Waals surface area contributed by atoms with Crippen molar-refractivity contribution in [3.63, 3.8) is 0 Å². The van der Waals surface area contributed by atoms with Gasteiger partial charge in [0.05, 0.1) is 23.0 Å². The van der Waals surface area contributed by atoms with Crippen LogP contribution in [0, 0.1) is 13.8 Å². The number of halogens is 1. The lowest BCUT2D eigenvalue weighted by molar-refractivity contribution is 0.600. The third-order valence-electron chi connectivity index (χ3n) is 3.19. The van der Waals surface area contributed by atoms with Crippen LogP contribution < -0.4 is 5.73 Å². The number of nitrogens with zero attached hydrogens (tertiary/aromatic N) is 2. The van der Waals surface area contributed by atoms with Gasteiger partial charge in [-0.05, 0) is 31.9 Å². The molecule has 0 amide bonds. The van der Waals surface area contributed by atoms with Crippen LogP contribution in [0.4, 0.5) is 0 Å². The largest absolute Gasteiger partial charge is 0.319 e. The Balaban J connectivity index is 2.47. The Morgan fingerprint density at radius 2 is 2.11 bits per heavy atom. The number of hydrogen-bond donors (Lipinski definition) is 1. The topological polar surface area (TPSA) is 43.8 Å². The Morgan fingerprint density at radius 1 is 1.39 bits per heavy atom. The standard InChI is InChI=1S/C14H18ClN3/c1-4-18-14(12(15)8-17-18)13(16)11-6-5-9(2)7-10(11)3/h5-8,13H,4,16H2,1-3H3. The van der Waals surface area contributed by atoms with Gasteiger partial charge in [-0.2, -0.15) is 5.10 Å². The highest BCUT2D eigenvalue weighted by atomic mass is 35.5. The van der Waals surface area contributed by atoms with E-state index < -0.39 is 0 Å². The van der Waals surface area contributed by atoms with E-state index in [4.69, 9.17) is 17.3 Å². The first-order valence-electron chi connectivity index (χ1n) is 6.08. The minimum atomic E-state index is -0.236. The fraction of sp³-hybridized carbons (Fsp3) is 0.357. The molecule has 1 unspecified atom stereocenters. The molecule has 4 heteroatoms. The van der Waals surface area contributed by atoms with Crippen molar-refractivity contribution >= 4 is 11.6 Å². The van der Waals surface area contributed by atoms with Crippen molar-refractivity contribution in [1.29, 1.82) is 0 Å². The molecule has 3 nitrogen and oxygen atoms in total. The number of aromatic nitrogens is 2. The monoisotopic (exact) mass is 263 g/mol. The third kappa shape index (κ3) is 2.28. The molecule has 1 atom stereocenters. The predicted molar refractivity (Wildman–Crippen MR) is 74.9 cm³/mol. The summed E-state index contributed by atoms with van der Waals surface area (Å²) in [5, 5.41) is 4.86. The van der Waals surface area contributed by atoms with Gasteiger partial charge in [-0.15, -0.1) is 0 Å². The van der Waals surface area contributed by atoms with Crippen LogP contribution in [-0.4, -0.2) is 9.78 Å². The second kappa shape index (κ2) is 5.12. The average Bonchev–Trinajstić information content (AvgIpc) is 2.69. The lowest BCUT2D eigenvalue weighted by atomic mass is 9.97. The Kier molecular flexibility index (Phi) is 3.73. The van der Waals surface area contributed by atoms with E-state index >= 15 is 0 Å². The van der Waals surface area contributed by atoms with Crippen molar-refractivity contribution in [2.75, 3.05) is 0 Å². The van der Waals surface area contributed by atoms with Gasteiger partial charge in [0, 0.05) is 6.54 Å². The van der Waals surface area contributed by atoms with Crippen LogP contribution in [0.3, 0.4) is 0 Å². The number of rotatable bonds is 3. The quantitative estimate of drug-likeness (QED) is 0.924. The molecule has 1 aromatic heterocycles. The zero-order chi connectivity index (χ0) is 13.3. The maximum absolute atomic E-state index is 6.34. The fourth-order valence-electron chi connectivity index (χ4n) is 2.25. The van der Waals surface area contributed by atoms with Crippen LogP contribution in [0.1, 0.15) is 35.3 Å². The molecule has 0 bridgehead atoms. The van der Waals surface area contributed by atoms with Crippen molar-refractivity contribution in [3.05, 3.63) is 51.8 Å². The molecule has 96 valence electrons. The van der Waals surface area contributed by atoms with Crippen LogP contribution >= 0.6 is 11.6 Å². The first-order valence-corrected chi connectivity index (χ1v) is 6.46. The molecule has 2 aromatic rings. The Bertz CT molecular complexity index is 560. The number of benzene rings is 1. The van der Waals surface area contributed by atoms with E-state index in [1.165, 1.54) is 11.1 Å². The second-order valence-corrected chi connectivity index (χ2v) is 4.94. The smallest absolute Gasteiger partial charge is 0.0837 e. The fourth-order valence-corrected chi connectivity index (χ4v) is 2.51. The van der Waals surface area contributed by atoms with Gasteiger partial charge in [0.1, 0.15) is 0 Å². The van der Waals surface area contributed by atoms with Gasteiger partial charge >= 0.3 is 0 Å². The van der Waals surface area contributed by atoms with Crippen molar-refractivity contribution in [3.8, 4) is 0 Å². The number of hydrogen-bond acceptors (Lipinski definition) is 2. The van der Waals surface area contributed by atoms with E-state index in [2.05, 4.69) is 37.1 Å². The highest BCUT2D eigenvalue weighted by Gasteiger charge is 2.19. The molecule has 0 saturated carbocycles. The van der Waals surface area contributed by atoms with Gasteiger partial charge < -0.3 is 5.73 Å². The maximum Gasteiger partial charge on any atom is 0.0837 e. The summed E-state index contributed by atoms with van der Waals surface area (Å²) in [7, 11) is 0. The molecule has 0 saturated heterocycles. The van der Waals surface area contributed by atoms with Gasteiger partial charge in [0.25, 0.3) is 0 Å². The molecular formula is C14H18ClN3. The molecule has 1 heterocycles. The van der Waals surface area contributed by atoms with Crippen molar-refractivity contribution in [2.24, 2.45) is 5.73 Å². The molecule has 1 aromatic carbocycles. The van der Waals surface area contributed by atoms with Crippen molar-refractivity contribution < 1.29 is 0 Å². The minimum Gasteiger partial charge on any atom is -0.319 e. The van der Waals surface area contributed by atoms with Crippen LogP contribution in [0.25, 0.3) is 0 Å². The summed E-state index contributed by atoms with van der Waals surface area (Å²) < 4.78 is 1.85. The van der Waals surface area contributed by atoms with E-state index in [0.29, 0.717) is 5.02 Å². The second-order valence-electron chi connectivity index (χ2n) is 4.53. The number of aryl methyl sites for hydroxylation is 3. The normalized spacial score (nSPS) is 12.7. The van der Waals surface area contributed by atoms with E-state index in [9.17, 15) is 0 Å². The molecule has 2 N–H and O–H groups in total. The molecule has 0 spiro atoms. The summed E-state index contributed by atoms with van der Waals surface area (Å²) in [5.41, 5.74) is 10.7.